The molecule has 0 radical (unpaired) electrons. The van der Waals surface area contributed by atoms with Gasteiger partial charge >= 0.3 is 5.97 Å². The number of hydrogen-bond donors (Lipinski definition) is 2. The molecule has 4 nitrogen and oxygen atoms in total. The van der Waals surface area contributed by atoms with E-state index in [4.69, 9.17) is 9.84 Å². The van der Waals surface area contributed by atoms with Crippen LogP contribution in [0.25, 0.3) is 6.08 Å². The van der Waals surface area contributed by atoms with Crippen LogP contribution in [0.3, 0.4) is 0 Å². The van der Waals surface area contributed by atoms with Crippen molar-refractivity contribution in [2.75, 3.05) is 0 Å². The Labute approximate surface area is 228 Å². The highest BCUT2D eigenvalue weighted by Crippen LogP contribution is 2.41. The summed E-state index contributed by atoms with van der Waals surface area (Å²) >= 11 is 0. The van der Waals surface area contributed by atoms with Gasteiger partial charge in [-0.25, -0.2) is 4.79 Å². The second-order valence-electron chi connectivity index (χ2n) is 10.3. The van der Waals surface area contributed by atoms with Gasteiger partial charge in [0.25, 0.3) is 0 Å². The van der Waals surface area contributed by atoms with Crippen molar-refractivity contribution in [3.63, 3.8) is 0 Å². The van der Waals surface area contributed by atoms with Crippen molar-refractivity contribution in [2.24, 2.45) is 0 Å². The molecule has 0 aliphatic heterocycles. The predicted octanol–water partition coefficient (Wildman–Crippen LogP) is 8.25. The topological polar surface area (TPSA) is 66.8 Å². The summed E-state index contributed by atoms with van der Waals surface area (Å²) in [5, 5.41) is 19.7. The Hall–Kier alpha value is -3.37. The summed E-state index contributed by atoms with van der Waals surface area (Å²) in [4.78, 5) is 11.1. The fourth-order valence-corrected chi connectivity index (χ4v) is 5.14. The number of carboxylic acids is 1. The molecular weight excluding hydrogens is 472 g/mol. The molecular formula is C34H42O4. The lowest BCUT2D eigenvalue weighted by molar-refractivity contribution is 0.0696. The normalized spacial score (nSPS) is 12.2. The summed E-state index contributed by atoms with van der Waals surface area (Å²) in [7, 11) is 0. The smallest absolute Gasteiger partial charge is 0.335 e. The van der Waals surface area contributed by atoms with Crippen molar-refractivity contribution in [1.82, 2.24) is 0 Å². The molecule has 202 valence electrons. The fourth-order valence-electron chi connectivity index (χ4n) is 5.14. The summed E-state index contributed by atoms with van der Waals surface area (Å²) in [5.74, 6) is -0.103. The maximum absolute atomic E-state index is 11.1. The molecule has 0 aliphatic carbocycles. The number of hydrogen-bond acceptors (Lipinski definition) is 3. The molecule has 0 saturated heterocycles. The van der Waals surface area contributed by atoms with E-state index in [0.717, 1.165) is 35.3 Å². The minimum absolute atomic E-state index is 0.115. The van der Waals surface area contributed by atoms with Gasteiger partial charge in [-0.3, -0.25) is 0 Å². The Bertz CT molecular complexity index is 1260. The van der Waals surface area contributed by atoms with Crippen molar-refractivity contribution in [3.8, 4) is 5.75 Å². The van der Waals surface area contributed by atoms with Gasteiger partial charge in [0, 0.05) is 5.41 Å². The van der Waals surface area contributed by atoms with Crippen LogP contribution in [0.2, 0.25) is 0 Å². The van der Waals surface area contributed by atoms with Gasteiger partial charge in [-0.15, -0.1) is 0 Å². The van der Waals surface area contributed by atoms with Crippen LogP contribution in [-0.4, -0.2) is 21.8 Å². The van der Waals surface area contributed by atoms with E-state index < -0.39 is 11.6 Å². The molecule has 0 heterocycles. The Morgan fingerprint density at radius 3 is 1.89 bits per heavy atom. The number of rotatable bonds is 12. The van der Waals surface area contributed by atoms with Crippen LogP contribution in [0.4, 0.5) is 0 Å². The van der Waals surface area contributed by atoms with Gasteiger partial charge in [0.15, 0.2) is 0 Å². The number of aryl methyl sites for hydroxylation is 2. The van der Waals surface area contributed by atoms with Crippen molar-refractivity contribution >= 4 is 12.0 Å². The molecule has 3 aromatic carbocycles. The molecule has 0 bridgehead atoms. The first-order chi connectivity index (χ1) is 18.1. The zero-order valence-electron chi connectivity index (χ0n) is 23.7. The van der Waals surface area contributed by atoms with Crippen LogP contribution < -0.4 is 4.74 Å². The molecule has 0 atom stereocenters. The van der Waals surface area contributed by atoms with E-state index in [0.29, 0.717) is 19.4 Å². The van der Waals surface area contributed by atoms with Gasteiger partial charge in [-0.05, 0) is 91.1 Å². The number of aliphatic hydroxyl groups is 1. The van der Waals surface area contributed by atoms with E-state index in [9.17, 15) is 9.90 Å². The fraction of sp³-hybridized carbons (Fsp3) is 0.382. The van der Waals surface area contributed by atoms with E-state index in [1.165, 1.54) is 16.7 Å². The lowest BCUT2D eigenvalue weighted by Gasteiger charge is -2.34. The molecule has 4 heteroatoms. The van der Waals surface area contributed by atoms with Crippen LogP contribution in [0.1, 0.15) is 97.1 Å². The Balaban J connectivity index is 1.85. The third-order valence-electron chi connectivity index (χ3n) is 8.15. The van der Waals surface area contributed by atoms with E-state index in [1.54, 1.807) is 24.3 Å². The average molecular weight is 515 g/mol. The molecule has 0 saturated carbocycles. The minimum Gasteiger partial charge on any atom is -0.489 e. The number of carboxylic acid groups (broad SMARTS) is 1. The van der Waals surface area contributed by atoms with Crippen LogP contribution in [0.5, 0.6) is 5.75 Å². The van der Waals surface area contributed by atoms with Crippen molar-refractivity contribution in [1.29, 1.82) is 0 Å². The second-order valence-corrected chi connectivity index (χ2v) is 10.3. The van der Waals surface area contributed by atoms with Gasteiger partial charge in [-0.2, -0.15) is 0 Å². The molecule has 0 spiro atoms. The molecule has 0 unspecified atom stereocenters. The lowest BCUT2D eigenvalue weighted by atomic mass is 9.70. The van der Waals surface area contributed by atoms with Crippen molar-refractivity contribution in [3.05, 3.63) is 106 Å². The lowest BCUT2D eigenvalue weighted by Crippen LogP contribution is -2.26. The first-order valence-corrected chi connectivity index (χ1v) is 13.7. The van der Waals surface area contributed by atoms with Crippen LogP contribution in [0, 0.1) is 13.8 Å². The van der Waals surface area contributed by atoms with E-state index in [2.05, 4.69) is 70.2 Å². The average Bonchev–Trinajstić information content (AvgIpc) is 2.93. The van der Waals surface area contributed by atoms with Crippen molar-refractivity contribution < 1.29 is 19.7 Å². The maximum Gasteiger partial charge on any atom is 0.335 e. The second kappa shape index (κ2) is 12.4. The number of carbonyl (C=O) groups is 1. The largest absolute Gasteiger partial charge is 0.489 e. The molecule has 0 fully saturated rings. The zero-order valence-corrected chi connectivity index (χ0v) is 23.7. The Morgan fingerprint density at radius 2 is 1.39 bits per heavy atom. The maximum atomic E-state index is 11.1. The highest BCUT2D eigenvalue weighted by molar-refractivity contribution is 5.87. The summed E-state index contributed by atoms with van der Waals surface area (Å²) in [6.45, 7) is 13.1. The molecule has 3 aromatic rings. The van der Waals surface area contributed by atoms with Crippen LogP contribution in [-0.2, 0) is 12.0 Å². The van der Waals surface area contributed by atoms with Crippen LogP contribution >= 0.6 is 0 Å². The monoisotopic (exact) mass is 514 g/mol. The molecule has 38 heavy (non-hydrogen) atoms. The summed E-state index contributed by atoms with van der Waals surface area (Å²) in [6, 6.07) is 20.0. The van der Waals surface area contributed by atoms with Gasteiger partial charge in [0.2, 0.25) is 0 Å². The van der Waals surface area contributed by atoms with Gasteiger partial charge < -0.3 is 14.9 Å². The third kappa shape index (κ3) is 6.36. The molecule has 0 amide bonds. The number of ether oxygens (including phenoxy) is 1. The first-order valence-electron chi connectivity index (χ1n) is 13.7. The first kappa shape index (κ1) is 29.2. The SMILES string of the molecule is CCC(O)(C=Cc1ccc(C(CC)(CC)c2ccc(OCc3ccc(C(=O)O)cc3)c(C)c2)cc1C)CC. The number of benzene rings is 3. The van der Waals surface area contributed by atoms with Gasteiger partial charge in [0.05, 0.1) is 11.2 Å². The molecule has 0 aliphatic rings. The van der Waals surface area contributed by atoms with Crippen molar-refractivity contribution in [2.45, 2.75) is 84.8 Å². The highest BCUT2D eigenvalue weighted by atomic mass is 16.5. The summed E-state index contributed by atoms with van der Waals surface area (Å²) in [5.41, 5.74) is 6.30. The molecule has 3 rings (SSSR count). The van der Waals surface area contributed by atoms with E-state index in [1.807, 2.05) is 19.9 Å². The Kier molecular flexibility index (Phi) is 9.56. The zero-order chi connectivity index (χ0) is 27.9. The van der Waals surface area contributed by atoms with Gasteiger partial charge in [0.1, 0.15) is 12.4 Å². The third-order valence-corrected chi connectivity index (χ3v) is 8.15. The standard InChI is InChI=1S/C34H42O4/c1-7-33(37,8-2)20-19-27-15-16-29(21-24(27)5)34(9-3,10-4)30-17-18-31(25(6)22-30)38-23-26-11-13-28(14-12-26)32(35)36/h11-22,37H,7-10,23H2,1-6H3,(H,35,36). The molecule has 2 N–H and O–H groups in total. The quantitative estimate of drug-likeness (QED) is 0.255. The van der Waals surface area contributed by atoms with Crippen LogP contribution in [0.15, 0.2) is 66.7 Å². The predicted molar refractivity (Wildman–Crippen MR) is 156 cm³/mol. The van der Waals surface area contributed by atoms with Gasteiger partial charge in [-0.1, -0.05) is 82.3 Å². The highest BCUT2D eigenvalue weighted by Gasteiger charge is 2.31. The summed E-state index contributed by atoms with van der Waals surface area (Å²) in [6.07, 6.45) is 7.32. The Morgan fingerprint density at radius 1 is 0.816 bits per heavy atom. The minimum atomic E-state index is -0.930. The summed E-state index contributed by atoms with van der Waals surface area (Å²) < 4.78 is 6.10. The van der Waals surface area contributed by atoms with E-state index >= 15 is 0 Å². The molecule has 0 aromatic heterocycles. The number of aromatic carboxylic acids is 1. The van der Waals surface area contributed by atoms with E-state index in [-0.39, 0.29) is 11.0 Å².